The van der Waals surface area contributed by atoms with Gasteiger partial charge in [0.2, 0.25) is 5.12 Å². The Morgan fingerprint density at radius 2 is 2.11 bits per heavy atom. The predicted octanol–water partition coefficient (Wildman–Crippen LogP) is 3.38. The summed E-state index contributed by atoms with van der Waals surface area (Å²) in [7, 11) is 0. The summed E-state index contributed by atoms with van der Waals surface area (Å²) in [6.45, 7) is 3.92. The minimum atomic E-state index is -0.554. The Bertz CT molecular complexity index is 643. The van der Waals surface area contributed by atoms with Gasteiger partial charge in [0, 0.05) is 11.1 Å². The van der Waals surface area contributed by atoms with Crippen molar-refractivity contribution in [2.75, 3.05) is 5.75 Å². The molecular formula is C14H14O3S. The van der Waals surface area contributed by atoms with E-state index in [1.54, 1.807) is 12.1 Å². The molecule has 0 aliphatic heterocycles. The molecule has 1 aromatic carbocycles. The Hall–Kier alpha value is -1.55. The van der Waals surface area contributed by atoms with Crippen molar-refractivity contribution in [2.45, 2.75) is 20.3 Å². The molecule has 0 fully saturated rings. The molecule has 0 saturated carbocycles. The fourth-order valence-corrected chi connectivity index (χ4v) is 2.32. The van der Waals surface area contributed by atoms with Crippen molar-refractivity contribution in [3.8, 4) is 0 Å². The summed E-state index contributed by atoms with van der Waals surface area (Å²) in [6.07, 6.45) is 0.897. The molecule has 1 aromatic heterocycles. The summed E-state index contributed by atoms with van der Waals surface area (Å²) in [5, 5.41) is 0.564. The highest BCUT2D eigenvalue weighted by Crippen LogP contribution is 2.18. The maximum Gasteiger partial charge on any atom is 0.348 e. The highest BCUT2D eigenvalue weighted by molar-refractivity contribution is 8.14. The van der Waals surface area contributed by atoms with E-state index in [1.165, 1.54) is 0 Å². The molecule has 0 unspecified atom stereocenters. The zero-order chi connectivity index (χ0) is 13.1. The molecule has 0 spiro atoms. The van der Waals surface area contributed by atoms with Gasteiger partial charge in [-0.1, -0.05) is 30.8 Å². The summed E-state index contributed by atoms with van der Waals surface area (Å²) in [4.78, 5) is 23.6. The largest absolute Gasteiger partial charge is 0.422 e. The van der Waals surface area contributed by atoms with Crippen LogP contribution in [0.1, 0.15) is 29.3 Å². The van der Waals surface area contributed by atoms with Gasteiger partial charge in [-0.3, -0.25) is 4.79 Å². The van der Waals surface area contributed by atoms with Crippen LogP contribution in [-0.2, 0) is 0 Å². The van der Waals surface area contributed by atoms with Crippen LogP contribution in [0.25, 0.3) is 11.0 Å². The van der Waals surface area contributed by atoms with Crippen LogP contribution < -0.4 is 5.63 Å². The fourth-order valence-electron chi connectivity index (χ4n) is 1.63. The van der Waals surface area contributed by atoms with Gasteiger partial charge in [-0.25, -0.2) is 4.79 Å². The standard InChI is InChI=1S/C14H14O3S/c1-3-6-18-14(16)11-8-10-5-4-9(2)7-12(10)17-13(11)15/h4-5,7-8H,3,6H2,1-2H3. The lowest BCUT2D eigenvalue weighted by atomic mass is 10.1. The quantitative estimate of drug-likeness (QED) is 0.795. The van der Waals surface area contributed by atoms with Crippen molar-refractivity contribution in [3.63, 3.8) is 0 Å². The van der Waals surface area contributed by atoms with Crippen molar-refractivity contribution < 1.29 is 9.21 Å². The van der Waals surface area contributed by atoms with Crippen LogP contribution in [0, 0.1) is 6.92 Å². The van der Waals surface area contributed by atoms with Gasteiger partial charge in [0.05, 0.1) is 0 Å². The van der Waals surface area contributed by atoms with Crippen LogP contribution in [0.5, 0.6) is 0 Å². The third-order valence-electron chi connectivity index (χ3n) is 2.55. The zero-order valence-electron chi connectivity index (χ0n) is 10.4. The Labute approximate surface area is 109 Å². The van der Waals surface area contributed by atoms with E-state index in [2.05, 4.69) is 0 Å². The molecule has 0 aliphatic carbocycles. The number of hydrogen-bond donors (Lipinski definition) is 0. The first kappa shape index (κ1) is 12.9. The van der Waals surface area contributed by atoms with Gasteiger partial charge < -0.3 is 4.42 Å². The number of carbonyl (C=O) groups excluding carboxylic acids is 1. The summed E-state index contributed by atoms with van der Waals surface area (Å²) >= 11 is 1.16. The van der Waals surface area contributed by atoms with E-state index in [4.69, 9.17) is 4.42 Å². The Kier molecular flexibility index (Phi) is 3.87. The van der Waals surface area contributed by atoms with Crippen molar-refractivity contribution in [3.05, 3.63) is 45.8 Å². The third kappa shape index (κ3) is 2.64. The van der Waals surface area contributed by atoms with E-state index in [0.717, 1.165) is 29.1 Å². The van der Waals surface area contributed by atoms with Crippen LogP contribution in [0.2, 0.25) is 0 Å². The predicted molar refractivity (Wildman–Crippen MR) is 74.3 cm³/mol. The highest BCUT2D eigenvalue weighted by Gasteiger charge is 2.13. The van der Waals surface area contributed by atoms with Crippen molar-refractivity contribution in [1.29, 1.82) is 0 Å². The Morgan fingerprint density at radius 3 is 2.83 bits per heavy atom. The fraction of sp³-hybridized carbons (Fsp3) is 0.286. The summed E-state index contributed by atoms with van der Waals surface area (Å²) in [5.74, 6) is 0.713. The molecule has 1 heterocycles. The normalized spacial score (nSPS) is 10.8. The Balaban J connectivity index is 2.46. The molecule has 3 nitrogen and oxygen atoms in total. The first-order chi connectivity index (χ1) is 8.61. The molecular weight excluding hydrogens is 248 g/mol. The first-order valence-electron chi connectivity index (χ1n) is 5.83. The van der Waals surface area contributed by atoms with Gasteiger partial charge in [0.25, 0.3) is 0 Å². The van der Waals surface area contributed by atoms with Gasteiger partial charge in [-0.2, -0.15) is 0 Å². The van der Waals surface area contributed by atoms with Crippen LogP contribution in [0.4, 0.5) is 0 Å². The zero-order valence-corrected chi connectivity index (χ0v) is 11.2. The van der Waals surface area contributed by atoms with E-state index in [0.29, 0.717) is 11.3 Å². The average molecular weight is 262 g/mol. The van der Waals surface area contributed by atoms with E-state index < -0.39 is 5.63 Å². The van der Waals surface area contributed by atoms with E-state index in [9.17, 15) is 9.59 Å². The van der Waals surface area contributed by atoms with Crippen molar-refractivity contribution in [2.24, 2.45) is 0 Å². The number of aryl methyl sites for hydroxylation is 1. The third-order valence-corrected chi connectivity index (χ3v) is 3.64. The maximum absolute atomic E-state index is 11.8. The minimum Gasteiger partial charge on any atom is -0.422 e. The topological polar surface area (TPSA) is 47.3 Å². The van der Waals surface area contributed by atoms with Crippen LogP contribution in [-0.4, -0.2) is 10.9 Å². The van der Waals surface area contributed by atoms with Crippen molar-refractivity contribution >= 4 is 27.8 Å². The molecule has 0 radical (unpaired) electrons. The monoisotopic (exact) mass is 262 g/mol. The van der Waals surface area contributed by atoms with Crippen molar-refractivity contribution in [1.82, 2.24) is 0 Å². The molecule has 2 rings (SSSR count). The molecule has 0 aliphatic rings. The average Bonchev–Trinajstić information content (AvgIpc) is 2.35. The molecule has 2 aromatic rings. The summed E-state index contributed by atoms with van der Waals surface area (Å²) in [5.41, 5.74) is 1.12. The molecule has 94 valence electrons. The molecule has 0 atom stereocenters. The molecule has 0 saturated heterocycles. The number of hydrogen-bond acceptors (Lipinski definition) is 4. The lowest BCUT2D eigenvalue weighted by Crippen LogP contribution is -2.11. The smallest absolute Gasteiger partial charge is 0.348 e. The van der Waals surface area contributed by atoms with Crippen LogP contribution in [0.3, 0.4) is 0 Å². The molecule has 0 bridgehead atoms. The molecule has 4 heteroatoms. The van der Waals surface area contributed by atoms with E-state index in [-0.39, 0.29) is 10.7 Å². The number of carbonyl (C=O) groups is 1. The number of thioether (sulfide) groups is 1. The number of rotatable bonds is 3. The number of benzene rings is 1. The van der Waals surface area contributed by atoms with Gasteiger partial charge in [-0.05, 0) is 31.0 Å². The highest BCUT2D eigenvalue weighted by atomic mass is 32.2. The lowest BCUT2D eigenvalue weighted by molar-refractivity contribution is 0.108. The summed E-state index contributed by atoms with van der Waals surface area (Å²) in [6, 6.07) is 7.19. The number of fused-ring (bicyclic) bond motifs is 1. The minimum absolute atomic E-state index is 0.129. The maximum atomic E-state index is 11.8. The van der Waals surface area contributed by atoms with E-state index >= 15 is 0 Å². The molecule has 0 amide bonds. The van der Waals surface area contributed by atoms with Gasteiger partial charge >= 0.3 is 5.63 Å². The van der Waals surface area contributed by atoms with Gasteiger partial charge in [0.1, 0.15) is 11.1 Å². The van der Waals surface area contributed by atoms with E-state index in [1.807, 2.05) is 26.0 Å². The van der Waals surface area contributed by atoms with Gasteiger partial charge in [-0.15, -0.1) is 0 Å². The second-order valence-corrected chi connectivity index (χ2v) is 5.19. The first-order valence-corrected chi connectivity index (χ1v) is 6.82. The SMILES string of the molecule is CCCSC(=O)c1cc2ccc(C)cc2oc1=O. The molecule has 18 heavy (non-hydrogen) atoms. The molecule has 0 N–H and O–H groups in total. The Morgan fingerprint density at radius 1 is 1.33 bits per heavy atom. The lowest BCUT2D eigenvalue weighted by Gasteiger charge is -2.01. The van der Waals surface area contributed by atoms with Crippen LogP contribution in [0.15, 0.2) is 33.5 Å². The van der Waals surface area contributed by atoms with Gasteiger partial charge in [0.15, 0.2) is 0 Å². The summed E-state index contributed by atoms with van der Waals surface area (Å²) < 4.78 is 5.18. The van der Waals surface area contributed by atoms with Crippen LogP contribution >= 0.6 is 11.8 Å². The second kappa shape index (κ2) is 5.40. The second-order valence-electron chi connectivity index (χ2n) is 4.12.